The minimum atomic E-state index is -0.542. The van der Waals surface area contributed by atoms with Crippen molar-refractivity contribution >= 4 is 34.3 Å². The molecule has 48 heavy (non-hydrogen) atoms. The van der Waals surface area contributed by atoms with Crippen molar-refractivity contribution in [2.45, 2.75) is 90.5 Å². The van der Waals surface area contributed by atoms with Crippen molar-refractivity contribution < 1.29 is 19.1 Å². The molecule has 3 aromatic carbocycles. The van der Waals surface area contributed by atoms with E-state index in [1.807, 2.05) is 53.7 Å². The van der Waals surface area contributed by atoms with Crippen LogP contribution < -0.4 is 0 Å². The lowest BCUT2D eigenvalue weighted by Gasteiger charge is -2.27. The molecule has 7 rings (SSSR count). The van der Waals surface area contributed by atoms with Gasteiger partial charge in [-0.25, -0.2) is 19.6 Å². The highest BCUT2D eigenvalue weighted by molar-refractivity contribution is 5.85. The Hall–Kier alpha value is -4.86. The number of imidazole rings is 2. The van der Waals surface area contributed by atoms with Crippen LogP contribution in [-0.4, -0.2) is 66.2 Å². The van der Waals surface area contributed by atoms with Gasteiger partial charge in [0.15, 0.2) is 0 Å². The smallest absolute Gasteiger partial charge is 0.410 e. The van der Waals surface area contributed by atoms with Gasteiger partial charge in [0.2, 0.25) is 0 Å². The van der Waals surface area contributed by atoms with Gasteiger partial charge in [0.05, 0.1) is 34.2 Å². The molecule has 2 fully saturated rings. The summed E-state index contributed by atoms with van der Waals surface area (Å²) in [6.45, 7) is 12.7. The molecule has 5 aromatic rings. The topological polar surface area (TPSA) is 116 Å². The monoisotopic (exact) mass is 648 g/mol. The third kappa shape index (κ3) is 6.48. The second-order valence-electron chi connectivity index (χ2n) is 14.9. The maximum atomic E-state index is 12.9. The lowest BCUT2D eigenvalue weighted by molar-refractivity contribution is 0.0208. The maximum absolute atomic E-state index is 12.9. The Balaban J connectivity index is 1.08. The Morgan fingerprint density at radius 3 is 1.38 bits per heavy atom. The number of aromatic nitrogens is 4. The first-order chi connectivity index (χ1) is 22.8. The molecule has 2 aliphatic rings. The third-order valence-electron chi connectivity index (χ3n) is 8.94. The van der Waals surface area contributed by atoms with Crippen LogP contribution in [0.5, 0.6) is 0 Å². The first kappa shape index (κ1) is 31.7. The Bertz CT molecular complexity index is 1840. The molecule has 0 saturated carbocycles. The van der Waals surface area contributed by atoms with Crippen molar-refractivity contribution in [3.05, 3.63) is 72.3 Å². The predicted octanol–water partition coefficient (Wildman–Crippen LogP) is 8.92. The molecule has 0 unspecified atom stereocenters. The Labute approximate surface area is 280 Å². The fourth-order valence-corrected chi connectivity index (χ4v) is 6.77. The highest BCUT2D eigenvalue weighted by Gasteiger charge is 2.36. The number of amides is 2. The largest absolute Gasteiger partial charge is 0.444 e. The van der Waals surface area contributed by atoms with E-state index in [0.717, 1.165) is 81.7 Å². The number of rotatable bonds is 4. The maximum Gasteiger partial charge on any atom is 0.410 e. The minimum absolute atomic E-state index is 0.125. The Morgan fingerprint density at radius 2 is 1.00 bits per heavy atom. The summed E-state index contributed by atoms with van der Waals surface area (Å²) in [5, 5.41) is 0. The second kappa shape index (κ2) is 12.0. The van der Waals surface area contributed by atoms with Gasteiger partial charge in [0.25, 0.3) is 0 Å². The summed E-state index contributed by atoms with van der Waals surface area (Å²) in [7, 11) is 0. The van der Waals surface area contributed by atoms with E-state index >= 15 is 0 Å². The molecule has 2 atom stereocenters. The number of carbonyl (C=O) groups excluding carboxylic acids is 2. The first-order valence-electron chi connectivity index (χ1n) is 16.9. The number of likely N-dealkylation sites (tertiary alicyclic amines) is 2. The molecular formula is C38H44N6O4. The number of carbonyl (C=O) groups is 2. The number of nitrogens with zero attached hydrogens (tertiary/aromatic N) is 4. The van der Waals surface area contributed by atoms with Gasteiger partial charge in [-0.3, -0.25) is 9.80 Å². The third-order valence-corrected chi connectivity index (χ3v) is 8.94. The molecule has 2 saturated heterocycles. The molecule has 10 heteroatoms. The molecular weight excluding hydrogens is 604 g/mol. The van der Waals surface area contributed by atoms with Crippen molar-refractivity contribution in [1.29, 1.82) is 0 Å². The van der Waals surface area contributed by atoms with E-state index < -0.39 is 11.2 Å². The molecule has 10 nitrogen and oxygen atoms in total. The number of aromatic amines is 2. The van der Waals surface area contributed by atoms with Gasteiger partial charge >= 0.3 is 12.2 Å². The average Bonchev–Trinajstić information content (AvgIpc) is 3.83. The van der Waals surface area contributed by atoms with E-state index in [0.29, 0.717) is 13.1 Å². The van der Waals surface area contributed by atoms with E-state index in [1.165, 1.54) is 0 Å². The Morgan fingerprint density at radius 1 is 0.625 bits per heavy atom. The summed E-state index contributed by atoms with van der Waals surface area (Å²) in [6.07, 6.45) is 2.95. The summed E-state index contributed by atoms with van der Waals surface area (Å²) < 4.78 is 11.3. The number of H-pyrrole nitrogens is 2. The van der Waals surface area contributed by atoms with Crippen molar-refractivity contribution in [2.75, 3.05) is 13.1 Å². The van der Waals surface area contributed by atoms with E-state index in [4.69, 9.17) is 19.4 Å². The van der Waals surface area contributed by atoms with Crippen molar-refractivity contribution in [3.8, 4) is 22.3 Å². The summed E-state index contributed by atoms with van der Waals surface area (Å²) in [5.41, 5.74) is 6.91. The lowest BCUT2D eigenvalue weighted by atomic mass is 10.00. The lowest BCUT2D eigenvalue weighted by Crippen LogP contribution is -2.36. The van der Waals surface area contributed by atoms with Gasteiger partial charge in [0, 0.05) is 13.1 Å². The number of hydrogen-bond acceptors (Lipinski definition) is 6. The summed E-state index contributed by atoms with van der Waals surface area (Å²) in [5.74, 6) is 1.59. The first-order valence-corrected chi connectivity index (χ1v) is 16.9. The minimum Gasteiger partial charge on any atom is -0.444 e. The molecule has 0 aliphatic carbocycles. The van der Waals surface area contributed by atoms with Crippen LogP contribution in [0.3, 0.4) is 0 Å². The van der Waals surface area contributed by atoms with Crippen molar-refractivity contribution in [1.82, 2.24) is 29.7 Å². The van der Waals surface area contributed by atoms with E-state index in [9.17, 15) is 9.59 Å². The molecule has 250 valence electrons. The number of ether oxygens (including phenoxy) is 2. The molecule has 2 N–H and O–H groups in total. The van der Waals surface area contributed by atoms with Crippen LogP contribution in [0.2, 0.25) is 0 Å². The molecule has 4 heterocycles. The van der Waals surface area contributed by atoms with E-state index in [1.54, 1.807) is 9.80 Å². The zero-order valence-corrected chi connectivity index (χ0v) is 28.6. The van der Waals surface area contributed by atoms with E-state index in [-0.39, 0.29) is 24.3 Å². The van der Waals surface area contributed by atoms with Gasteiger partial charge in [-0.15, -0.1) is 0 Å². The highest BCUT2D eigenvalue weighted by Crippen LogP contribution is 2.36. The Kier molecular flexibility index (Phi) is 7.92. The quantitative estimate of drug-likeness (QED) is 0.201. The summed E-state index contributed by atoms with van der Waals surface area (Å²) >= 11 is 0. The molecule has 2 amide bonds. The summed E-state index contributed by atoms with van der Waals surface area (Å²) in [4.78, 5) is 46.0. The van der Waals surface area contributed by atoms with Gasteiger partial charge in [0.1, 0.15) is 22.9 Å². The SMILES string of the molecule is CC(C)(C)OC(=O)N1CCC[C@@H]1c1nc2ccc(-c3ccc(-c4ccc5nc([C@@H]6CCCN6C(=O)OC(C)(C)C)[nH]c5c4)cc3)cc2[nH]1. The van der Waals surface area contributed by atoms with Crippen LogP contribution in [0.15, 0.2) is 60.7 Å². The normalized spacial score (nSPS) is 18.6. The van der Waals surface area contributed by atoms with Gasteiger partial charge in [-0.2, -0.15) is 0 Å². The van der Waals surface area contributed by atoms with Gasteiger partial charge in [-0.05, 0) is 114 Å². The van der Waals surface area contributed by atoms with Crippen LogP contribution >= 0.6 is 0 Å². The van der Waals surface area contributed by atoms with Crippen LogP contribution in [0.4, 0.5) is 9.59 Å². The highest BCUT2D eigenvalue weighted by atomic mass is 16.6. The number of benzene rings is 3. The molecule has 0 bridgehead atoms. The van der Waals surface area contributed by atoms with Crippen LogP contribution in [-0.2, 0) is 9.47 Å². The van der Waals surface area contributed by atoms with Gasteiger partial charge < -0.3 is 19.4 Å². The molecule has 0 spiro atoms. The van der Waals surface area contributed by atoms with Crippen LogP contribution in [0, 0.1) is 0 Å². The van der Waals surface area contributed by atoms with Crippen molar-refractivity contribution in [2.24, 2.45) is 0 Å². The fraction of sp³-hybridized carbons (Fsp3) is 0.421. The number of nitrogens with one attached hydrogen (secondary N) is 2. The van der Waals surface area contributed by atoms with Gasteiger partial charge in [-0.1, -0.05) is 36.4 Å². The van der Waals surface area contributed by atoms with E-state index in [2.05, 4.69) is 58.5 Å². The molecule has 2 aromatic heterocycles. The predicted molar refractivity (Wildman–Crippen MR) is 186 cm³/mol. The molecule has 0 radical (unpaired) electrons. The van der Waals surface area contributed by atoms with Crippen molar-refractivity contribution in [3.63, 3.8) is 0 Å². The number of hydrogen-bond donors (Lipinski definition) is 2. The number of fused-ring (bicyclic) bond motifs is 2. The standard InChI is InChI=1S/C38H44N6O4/c1-37(2,3)47-35(45)43-19-7-9-31(43)33-39-27-17-15-25(21-29(27)41-33)23-11-13-24(14-12-23)26-16-18-28-30(22-26)42-34(40-28)32-10-8-20-44(32)36(46)48-38(4,5)6/h11-18,21-22,31-32H,7-10,19-20H2,1-6H3,(H,39,41)(H,40,42)/t31-,32+. The average molecular weight is 649 g/mol. The fourth-order valence-electron chi connectivity index (χ4n) is 6.77. The molecule has 2 aliphatic heterocycles. The summed E-state index contributed by atoms with van der Waals surface area (Å²) in [6, 6.07) is 20.8. The zero-order chi connectivity index (χ0) is 33.8. The van der Waals surface area contributed by atoms with Crippen LogP contribution in [0.25, 0.3) is 44.3 Å². The van der Waals surface area contributed by atoms with Crippen LogP contribution in [0.1, 0.15) is 91.0 Å². The zero-order valence-electron chi connectivity index (χ0n) is 28.6. The second-order valence-corrected chi connectivity index (χ2v) is 14.9.